The molecule has 5 rings (SSSR count). The van der Waals surface area contributed by atoms with E-state index in [1.807, 2.05) is 37.3 Å². The predicted molar refractivity (Wildman–Crippen MR) is 117 cm³/mol. The van der Waals surface area contributed by atoms with Gasteiger partial charge in [0, 0.05) is 33.3 Å². The zero-order valence-corrected chi connectivity index (χ0v) is 17.7. The van der Waals surface area contributed by atoms with E-state index in [1.165, 1.54) is 12.5 Å². The van der Waals surface area contributed by atoms with Crippen LogP contribution in [-0.2, 0) is 6.42 Å². The number of furan rings is 2. The quantitative estimate of drug-likeness (QED) is 0.431. The lowest BCUT2D eigenvalue weighted by atomic mass is 10.1. The number of hydrogen-bond donors (Lipinski definition) is 1. The Bertz CT molecular complexity index is 1290. The molecule has 6 nitrogen and oxygen atoms in total. The summed E-state index contributed by atoms with van der Waals surface area (Å²) in [6.07, 6.45) is 3.66. The summed E-state index contributed by atoms with van der Waals surface area (Å²) in [7, 11) is 0. The molecule has 7 heteroatoms. The Morgan fingerprint density at radius 3 is 2.80 bits per heavy atom. The van der Waals surface area contributed by atoms with Gasteiger partial charge in [-0.15, -0.1) is 0 Å². The van der Waals surface area contributed by atoms with Crippen molar-refractivity contribution in [1.29, 1.82) is 0 Å². The third kappa shape index (κ3) is 3.11. The van der Waals surface area contributed by atoms with Crippen LogP contribution >= 0.6 is 15.9 Å². The fourth-order valence-corrected chi connectivity index (χ4v) is 4.19. The maximum Gasteiger partial charge on any atom is 0.291 e. The minimum absolute atomic E-state index is 0.0941. The average molecular weight is 465 g/mol. The Balaban J connectivity index is 1.39. The molecule has 0 radical (unpaired) electrons. The number of benzene rings is 2. The summed E-state index contributed by atoms with van der Waals surface area (Å²) in [5.41, 5.74) is 4.51. The number of amides is 2. The van der Waals surface area contributed by atoms with Gasteiger partial charge >= 0.3 is 0 Å². The van der Waals surface area contributed by atoms with Gasteiger partial charge in [0.15, 0.2) is 5.76 Å². The van der Waals surface area contributed by atoms with Crippen LogP contribution in [0.2, 0.25) is 0 Å². The second-order valence-electron chi connectivity index (χ2n) is 7.21. The molecule has 0 fully saturated rings. The van der Waals surface area contributed by atoms with Crippen LogP contribution in [0.25, 0.3) is 11.0 Å². The van der Waals surface area contributed by atoms with Crippen molar-refractivity contribution in [2.75, 3.05) is 16.8 Å². The van der Waals surface area contributed by atoms with Crippen molar-refractivity contribution in [1.82, 2.24) is 0 Å². The van der Waals surface area contributed by atoms with Crippen LogP contribution in [0, 0.1) is 6.92 Å². The summed E-state index contributed by atoms with van der Waals surface area (Å²) in [6.45, 7) is 2.46. The fourth-order valence-electron chi connectivity index (χ4n) is 3.83. The Labute approximate surface area is 180 Å². The van der Waals surface area contributed by atoms with Gasteiger partial charge in [0.05, 0.1) is 11.8 Å². The molecule has 30 heavy (non-hydrogen) atoms. The number of carbonyl (C=O) groups is 2. The van der Waals surface area contributed by atoms with Gasteiger partial charge in [-0.05, 0) is 61.4 Å². The van der Waals surface area contributed by atoms with E-state index in [-0.39, 0.29) is 11.8 Å². The molecule has 4 aromatic rings. The number of rotatable bonds is 3. The van der Waals surface area contributed by atoms with Gasteiger partial charge in [0.2, 0.25) is 0 Å². The van der Waals surface area contributed by atoms with Gasteiger partial charge < -0.3 is 19.1 Å². The third-order valence-corrected chi connectivity index (χ3v) is 5.84. The fraction of sp³-hybridized carbons (Fsp3) is 0.130. The smallest absolute Gasteiger partial charge is 0.291 e. The number of nitrogens with zero attached hydrogens (tertiary/aromatic N) is 1. The maximum absolute atomic E-state index is 12.8. The van der Waals surface area contributed by atoms with Crippen LogP contribution in [0.3, 0.4) is 0 Å². The minimum Gasteiger partial charge on any atom is -0.472 e. The predicted octanol–water partition coefficient (Wildman–Crippen LogP) is 5.55. The SMILES string of the molecule is Cc1c(C(=O)Nc2ccc3c(c2)CCN3C(=O)c2ccoc2)oc2ccc(Br)cc12. The molecule has 1 aliphatic heterocycles. The molecule has 2 amide bonds. The van der Waals surface area contributed by atoms with Crippen molar-refractivity contribution >= 4 is 50.1 Å². The van der Waals surface area contributed by atoms with Gasteiger partial charge in [-0.1, -0.05) is 15.9 Å². The van der Waals surface area contributed by atoms with E-state index in [0.29, 0.717) is 29.1 Å². The molecule has 2 aromatic heterocycles. The van der Waals surface area contributed by atoms with Crippen molar-refractivity contribution in [3.05, 3.63) is 81.9 Å². The maximum atomic E-state index is 12.8. The standard InChI is InChI=1S/C23H17BrN2O4/c1-13-18-11-16(24)2-5-20(18)30-21(13)22(27)25-17-3-4-19-14(10-17)6-8-26(19)23(28)15-7-9-29-12-15/h2-5,7,9-12H,6,8H2,1H3,(H,25,27). The van der Waals surface area contributed by atoms with Crippen molar-refractivity contribution in [3.63, 3.8) is 0 Å². The number of nitrogens with one attached hydrogen (secondary N) is 1. The van der Waals surface area contributed by atoms with Gasteiger partial charge in [-0.3, -0.25) is 9.59 Å². The highest BCUT2D eigenvalue weighted by atomic mass is 79.9. The normalized spacial score (nSPS) is 12.9. The summed E-state index contributed by atoms with van der Waals surface area (Å²) >= 11 is 3.45. The Morgan fingerprint density at radius 1 is 1.13 bits per heavy atom. The Hall–Kier alpha value is -3.32. The van der Waals surface area contributed by atoms with Crippen LogP contribution in [0.4, 0.5) is 11.4 Å². The van der Waals surface area contributed by atoms with Crippen molar-refractivity contribution in [3.8, 4) is 0 Å². The average Bonchev–Trinajstić information content (AvgIpc) is 3.47. The summed E-state index contributed by atoms with van der Waals surface area (Å²) < 4.78 is 11.7. The lowest BCUT2D eigenvalue weighted by molar-refractivity contribution is 0.0984. The van der Waals surface area contributed by atoms with E-state index >= 15 is 0 Å². The van der Waals surface area contributed by atoms with Gasteiger partial charge in [0.25, 0.3) is 11.8 Å². The lowest BCUT2D eigenvalue weighted by Gasteiger charge is -2.16. The van der Waals surface area contributed by atoms with E-state index in [0.717, 1.165) is 33.1 Å². The van der Waals surface area contributed by atoms with E-state index in [9.17, 15) is 9.59 Å². The van der Waals surface area contributed by atoms with Gasteiger partial charge in [0.1, 0.15) is 11.8 Å². The first-order valence-electron chi connectivity index (χ1n) is 9.48. The van der Waals surface area contributed by atoms with E-state index in [4.69, 9.17) is 8.83 Å². The molecule has 150 valence electrons. The largest absolute Gasteiger partial charge is 0.472 e. The molecule has 3 heterocycles. The molecule has 0 aliphatic carbocycles. The third-order valence-electron chi connectivity index (χ3n) is 5.35. The van der Waals surface area contributed by atoms with Crippen LogP contribution < -0.4 is 10.2 Å². The second-order valence-corrected chi connectivity index (χ2v) is 8.13. The van der Waals surface area contributed by atoms with E-state index in [1.54, 1.807) is 17.0 Å². The summed E-state index contributed by atoms with van der Waals surface area (Å²) in [4.78, 5) is 27.2. The monoisotopic (exact) mass is 464 g/mol. The van der Waals surface area contributed by atoms with Crippen LogP contribution in [-0.4, -0.2) is 18.4 Å². The molecule has 2 aromatic carbocycles. The highest BCUT2D eigenvalue weighted by Gasteiger charge is 2.27. The molecular weight excluding hydrogens is 448 g/mol. The number of hydrogen-bond acceptors (Lipinski definition) is 4. The molecule has 0 bridgehead atoms. The topological polar surface area (TPSA) is 75.7 Å². The second kappa shape index (κ2) is 7.18. The van der Waals surface area contributed by atoms with Crippen LogP contribution in [0.1, 0.15) is 32.0 Å². The molecule has 0 spiro atoms. The zero-order chi connectivity index (χ0) is 20.8. The van der Waals surface area contributed by atoms with Crippen molar-refractivity contribution in [2.45, 2.75) is 13.3 Å². The number of fused-ring (bicyclic) bond motifs is 2. The van der Waals surface area contributed by atoms with E-state index in [2.05, 4.69) is 21.2 Å². The highest BCUT2D eigenvalue weighted by Crippen LogP contribution is 2.33. The lowest BCUT2D eigenvalue weighted by Crippen LogP contribution is -2.28. The first kappa shape index (κ1) is 18.7. The first-order chi connectivity index (χ1) is 14.5. The molecule has 1 N–H and O–H groups in total. The molecular formula is C23H17BrN2O4. The molecule has 0 unspecified atom stereocenters. The first-order valence-corrected chi connectivity index (χ1v) is 10.3. The number of halogens is 1. The molecule has 0 atom stereocenters. The van der Waals surface area contributed by atoms with Crippen molar-refractivity contribution in [2.24, 2.45) is 0 Å². The Morgan fingerprint density at radius 2 is 2.00 bits per heavy atom. The summed E-state index contributed by atoms with van der Waals surface area (Å²) in [5, 5.41) is 3.81. The van der Waals surface area contributed by atoms with Crippen LogP contribution in [0.15, 0.2) is 68.3 Å². The van der Waals surface area contributed by atoms with Crippen LogP contribution in [0.5, 0.6) is 0 Å². The molecule has 0 saturated heterocycles. The molecule has 0 saturated carbocycles. The van der Waals surface area contributed by atoms with E-state index < -0.39 is 0 Å². The zero-order valence-electron chi connectivity index (χ0n) is 16.1. The summed E-state index contributed by atoms with van der Waals surface area (Å²) in [5.74, 6) is -0.104. The Kier molecular flexibility index (Phi) is 4.47. The highest BCUT2D eigenvalue weighted by molar-refractivity contribution is 9.10. The number of anilines is 2. The molecule has 1 aliphatic rings. The summed E-state index contributed by atoms with van der Waals surface area (Å²) in [6, 6.07) is 12.9. The number of aryl methyl sites for hydroxylation is 1. The van der Waals surface area contributed by atoms with Crippen molar-refractivity contribution < 1.29 is 18.4 Å². The number of carbonyl (C=O) groups excluding carboxylic acids is 2. The minimum atomic E-state index is -0.302. The van der Waals surface area contributed by atoms with Gasteiger partial charge in [-0.25, -0.2) is 0 Å². The van der Waals surface area contributed by atoms with Gasteiger partial charge in [-0.2, -0.15) is 0 Å².